The molecule has 104 valence electrons. The van der Waals surface area contributed by atoms with Gasteiger partial charge in [-0.2, -0.15) is 0 Å². The Hall–Kier alpha value is -0.340. The van der Waals surface area contributed by atoms with Crippen LogP contribution < -0.4 is 0 Å². The number of hydrogen-bond acceptors (Lipinski definition) is 2. The Morgan fingerprint density at radius 3 is 2.33 bits per heavy atom. The van der Waals surface area contributed by atoms with Gasteiger partial charge in [0.1, 0.15) is 0 Å². The Morgan fingerprint density at radius 1 is 1.17 bits per heavy atom. The monoisotopic (exact) mass is 252 g/mol. The van der Waals surface area contributed by atoms with E-state index in [0.717, 1.165) is 5.92 Å². The smallest absolute Gasteiger partial charge is 0.177 e. The summed E-state index contributed by atoms with van der Waals surface area (Å²) in [6, 6.07) is 0. The van der Waals surface area contributed by atoms with Crippen molar-refractivity contribution in [3.05, 3.63) is 11.6 Å². The van der Waals surface area contributed by atoms with E-state index in [9.17, 15) is 0 Å². The minimum atomic E-state index is -0.0721. The summed E-state index contributed by atoms with van der Waals surface area (Å²) in [6.07, 6.45) is 11.6. The lowest BCUT2D eigenvalue weighted by Crippen LogP contribution is -2.25. The van der Waals surface area contributed by atoms with E-state index in [1.807, 2.05) is 0 Å². The van der Waals surface area contributed by atoms with Crippen molar-refractivity contribution >= 4 is 0 Å². The molecule has 0 aromatic rings. The third-order valence-electron chi connectivity index (χ3n) is 4.03. The fourth-order valence-corrected chi connectivity index (χ4v) is 2.93. The molecule has 0 N–H and O–H groups in total. The first kappa shape index (κ1) is 14.1. The largest absolute Gasteiger partial charge is 0.343 e. The van der Waals surface area contributed by atoms with Crippen molar-refractivity contribution < 1.29 is 9.47 Å². The minimum Gasteiger partial charge on any atom is -0.343 e. The predicted molar refractivity (Wildman–Crippen MR) is 74.4 cm³/mol. The lowest BCUT2D eigenvalue weighted by molar-refractivity contribution is -0.0280. The summed E-state index contributed by atoms with van der Waals surface area (Å²) >= 11 is 0. The third-order valence-corrected chi connectivity index (χ3v) is 4.03. The molecule has 2 rings (SSSR count). The second kappa shape index (κ2) is 6.72. The lowest BCUT2D eigenvalue weighted by Gasteiger charge is -2.21. The second-order valence-corrected chi connectivity index (χ2v) is 6.30. The average Bonchev–Trinajstić information content (AvgIpc) is 2.70. The molecule has 0 radical (unpaired) electrons. The fraction of sp³-hybridized carbons (Fsp3) is 0.875. The molecule has 1 saturated carbocycles. The van der Waals surface area contributed by atoms with E-state index < -0.39 is 0 Å². The Morgan fingerprint density at radius 2 is 1.78 bits per heavy atom. The zero-order valence-corrected chi connectivity index (χ0v) is 12.2. The van der Waals surface area contributed by atoms with Crippen LogP contribution in [0.25, 0.3) is 0 Å². The van der Waals surface area contributed by atoms with Crippen molar-refractivity contribution in [1.82, 2.24) is 0 Å². The highest BCUT2D eigenvalue weighted by Gasteiger charge is 2.36. The maximum atomic E-state index is 5.96. The van der Waals surface area contributed by atoms with Crippen LogP contribution in [0.4, 0.5) is 0 Å². The molecule has 1 saturated heterocycles. The molecule has 0 spiro atoms. The Balaban J connectivity index is 1.75. The highest BCUT2D eigenvalue weighted by molar-refractivity contribution is 5.02. The maximum absolute atomic E-state index is 5.96. The van der Waals surface area contributed by atoms with Gasteiger partial charge in [-0.25, -0.2) is 0 Å². The summed E-state index contributed by atoms with van der Waals surface area (Å²) in [5, 5.41) is 0. The standard InChI is InChI=1S/C16H28O2/c1-12(2)7-6-8-13(3)11-16-17-14-9-4-5-10-15(14)18-16/h11-12,14-16H,4-10H2,1-3H3/b13-11+/t14-,15+,16?. The number of ether oxygens (including phenoxy) is 2. The first-order valence-corrected chi connectivity index (χ1v) is 7.63. The molecule has 18 heavy (non-hydrogen) atoms. The van der Waals surface area contributed by atoms with Crippen LogP contribution >= 0.6 is 0 Å². The Labute approximate surface area is 112 Å². The van der Waals surface area contributed by atoms with E-state index in [0.29, 0.717) is 12.2 Å². The van der Waals surface area contributed by atoms with Gasteiger partial charge in [-0.3, -0.25) is 0 Å². The van der Waals surface area contributed by atoms with Gasteiger partial charge in [-0.1, -0.05) is 38.7 Å². The molecule has 2 heteroatoms. The van der Waals surface area contributed by atoms with Crippen LogP contribution in [0.5, 0.6) is 0 Å². The van der Waals surface area contributed by atoms with Gasteiger partial charge in [0.25, 0.3) is 0 Å². The van der Waals surface area contributed by atoms with Gasteiger partial charge in [0.05, 0.1) is 12.2 Å². The molecular weight excluding hydrogens is 224 g/mol. The summed E-state index contributed by atoms with van der Waals surface area (Å²) in [6.45, 7) is 6.77. The zero-order valence-electron chi connectivity index (χ0n) is 12.2. The topological polar surface area (TPSA) is 18.5 Å². The minimum absolute atomic E-state index is 0.0721. The van der Waals surface area contributed by atoms with Crippen molar-refractivity contribution in [2.45, 2.75) is 84.2 Å². The van der Waals surface area contributed by atoms with Gasteiger partial charge >= 0.3 is 0 Å². The number of rotatable bonds is 5. The third kappa shape index (κ3) is 4.10. The van der Waals surface area contributed by atoms with Crippen molar-refractivity contribution in [3.8, 4) is 0 Å². The van der Waals surface area contributed by atoms with E-state index in [4.69, 9.17) is 9.47 Å². The summed E-state index contributed by atoms with van der Waals surface area (Å²) in [4.78, 5) is 0. The van der Waals surface area contributed by atoms with Crippen LogP contribution in [0.3, 0.4) is 0 Å². The van der Waals surface area contributed by atoms with Gasteiger partial charge in [0, 0.05) is 0 Å². The Bertz CT molecular complexity index is 269. The summed E-state index contributed by atoms with van der Waals surface area (Å²) in [5.74, 6) is 0.805. The molecule has 1 unspecified atom stereocenters. The molecule has 2 aliphatic rings. The van der Waals surface area contributed by atoms with Crippen molar-refractivity contribution in [3.63, 3.8) is 0 Å². The molecule has 0 bridgehead atoms. The van der Waals surface area contributed by atoms with Crippen molar-refractivity contribution in [1.29, 1.82) is 0 Å². The molecule has 0 amide bonds. The lowest BCUT2D eigenvalue weighted by atomic mass is 9.95. The fourth-order valence-electron chi connectivity index (χ4n) is 2.93. The van der Waals surface area contributed by atoms with Crippen LogP contribution in [0.15, 0.2) is 11.6 Å². The highest BCUT2D eigenvalue weighted by Crippen LogP contribution is 2.32. The molecule has 2 fully saturated rings. The summed E-state index contributed by atoms with van der Waals surface area (Å²) in [7, 11) is 0. The first-order valence-electron chi connectivity index (χ1n) is 7.63. The molecule has 0 aromatic heterocycles. The summed E-state index contributed by atoms with van der Waals surface area (Å²) < 4.78 is 11.9. The molecule has 0 aromatic carbocycles. The molecule has 1 aliphatic heterocycles. The molecule has 1 aliphatic carbocycles. The molecular formula is C16H28O2. The maximum Gasteiger partial charge on any atom is 0.177 e. The van der Waals surface area contributed by atoms with Gasteiger partial charge in [0.15, 0.2) is 6.29 Å². The highest BCUT2D eigenvalue weighted by atomic mass is 16.7. The van der Waals surface area contributed by atoms with Gasteiger partial charge in [-0.15, -0.1) is 0 Å². The van der Waals surface area contributed by atoms with E-state index in [1.54, 1.807) is 0 Å². The van der Waals surface area contributed by atoms with Crippen LogP contribution in [0, 0.1) is 5.92 Å². The van der Waals surface area contributed by atoms with Crippen LogP contribution in [-0.4, -0.2) is 18.5 Å². The van der Waals surface area contributed by atoms with Crippen LogP contribution in [0.1, 0.15) is 65.7 Å². The van der Waals surface area contributed by atoms with Crippen molar-refractivity contribution in [2.24, 2.45) is 5.92 Å². The van der Waals surface area contributed by atoms with E-state index in [2.05, 4.69) is 26.8 Å². The quantitative estimate of drug-likeness (QED) is 0.673. The van der Waals surface area contributed by atoms with Crippen LogP contribution in [-0.2, 0) is 9.47 Å². The van der Waals surface area contributed by atoms with E-state index in [1.165, 1.54) is 50.5 Å². The normalized spacial score (nSPS) is 32.9. The number of hydrogen-bond donors (Lipinski definition) is 0. The molecule has 3 atom stereocenters. The molecule has 2 nitrogen and oxygen atoms in total. The Kier molecular flexibility index (Phi) is 5.25. The summed E-state index contributed by atoms with van der Waals surface area (Å²) in [5.41, 5.74) is 1.42. The molecule has 1 heterocycles. The van der Waals surface area contributed by atoms with Crippen molar-refractivity contribution in [2.75, 3.05) is 0 Å². The van der Waals surface area contributed by atoms with Gasteiger partial charge in [-0.05, 0) is 44.6 Å². The van der Waals surface area contributed by atoms with Gasteiger partial charge in [0.2, 0.25) is 0 Å². The zero-order chi connectivity index (χ0) is 13.0. The second-order valence-electron chi connectivity index (χ2n) is 6.30. The van der Waals surface area contributed by atoms with Gasteiger partial charge < -0.3 is 9.47 Å². The van der Waals surface area contributed by atoms with E-state index in [-0.39, 0.29) is 6.29 Å². The number of allylic oxidation sites excluding steroid dienone is 1. The predicted octanol–water partition coefficient (Wildman–Crippen LogP) is 4.44. The SMILES string of the molecule is C/C(=C\C1O[C@H]2CCCC[C@H]2O1)CCCC(C)C. The first-order chi connectivity index (χ1) is 8.65. The van der Waals surface area contributed by atoms with E-state index >= 15 is 0 Å². The average molecular weight is 252 g/mol. The number of fused-ring (bicyclic) bond motifs is 1. The van der Waals surface area contributed by atoms with Crippen LogP contribution in [0.2, 0.25) is 0 Å².